The van der Waals surface area contributed by atoms with Gasteiger partial charge in [0.25, 0.3) is 0 Å². The van der Waals surface area contributed by atoms with Crippen LogP contribution < -0.4 is 0 Å². The highest BCUT2D eigenvalue weighted by Gasteiger charge is 2.50. The predicted octanol–water partition coefficient (Wildman–Crippen LogP) is -5.40. The minimum absolute atomic E-state index is 0.667. The summed E-state index contributed by atoms with van der Waals surface area (Å²) < 4.78 is 15.3. The third-order valence-electron chi connectivity index (χ3n) is 3.98. The molecule has 2 saturated heterocycles. The maximum absolute atomic E-state index is 9.94. The lowest BCUT2D eigenvalue weighted by Gasteiger charge is -2.45. The van der Waals surface area contributed by atoms with Gasteiger partial charge in [-0.1, -0.05) is 0 Å². The van der Waals surface area contributed by atoms with E-state index in [0.717, 1.165) is 0 Å². The first kappa shape index (κ1) is 18.9. The fourth-order valence-corrected chi connectivity index (χ4v) is 2.57. The molecule has 2 rings (SSSR count). The van der Waals surface area contributed by atoms with Gasteiger partial charge in [-0.3, -0.25) is 0 Å². The average molecular weight is 342 g/mol. The zero-order valence-electron chi connectivity index (χ0n) is 12.0. The summed E-state index contributed by atoms with van der Waals surface area (Å²) in [4.78, 5) is 0. The van der Waals surface area contributed by atoms with Gasteiger partial charge >= 0.3 is 0 Å². The Kier molecular flexibility index (Phi) is 6.27. The lowest BCUT2D eigenvalue weighted by atomic mass is 9.97. The van der Waals surface area contributed by atoms with Crippen LogP contribution in [0.25, 0.3) is 0 Å². The molecule has 0 aromatic rings. The molecule has 2 fully saturated rings. The van der Waals surface area contributed by atoms with E-state index in [1.54, 1.807) is 0 Å². The molecule has 0 aromatic carbocycles. The first-order valence-electron chi connectivity index (χ1n) is 7.08. The molecule has 0 aliphatic carbocycles. The van der Waals surface area contributed by atoms with Crippen LogP contribution in [-0.2, 0) is 14.2 Å². The summed E-state index contributed by atoms with van der Waals surface area (Å²) in [5.74, 6) is 0. The topological polar surface area (TPSA) is 190 Å². The molecular weight excluding hydrogens is 320 g/mol. The van der Waals surface area contributed by atoms with Crippen molar-refractivity contribution in [3.8, 4) is 0 Å². The third kappa shape index (κ3) is 3.65. The van der Waals surface area contributed by atoms with Crippen LogP contribution in [0.15, 0.2) is 0 Å². The summed E-state index contributed by atoms with van der Waals surface area (Å²) in [5.41, 5.74) is 0. The molecule has 0 saturated carbocycles. The lowest BCUT2D eigenvalue weighted by molar-refractivity contribution is -0.355. The standard InChI is InChI=1S/C12H22O11/c13-1-3-5(15)6(16)9(19)12(22-3)23-10-4(2-14)21-11(20)8(18)7(10)17/h3-20H,1-2H2/t3?,4?,5-,6?,7?,8-,9-,10+,11?,12+/m0/s1. The highest BCUT2D eigenvalue weighted by atomic mass is 16.7. The van der Waals surface area contributed by atoms with Gasteiger partial charge in [-0.15, -0.1) is 0 Å². The average Bonchev–Trinajstić information content (AvgIpc) is 2.55. The van der Waals surface area contributed by atoms with E-state index < -0.39 is 74.6 Å². The summed E-state index contributed by atoms with van der Waals surface area (Å²) in [5, 5.41) is 76.5. The van der Waals surface area contributed by atoms with Crippen LogP contribution in [0.4, 0.5) is 0 Å². The molecule has 0 aromatic heterocycles. The Labute approximate surface area is 130 Å². The Morgan fingerprint density at radius 2 is 1.26 bits per heavy atom. The molecule has 2 heterocycles. The zero-order valence-corrected chi connectivity index (χ0v) is 12.0. The number of aliphatic hydroxyl groups is 8. The molecule has 2 aliphatic rings. The zero-order chi connectivity index (χ0) is 17.3. The molecule has 11 nitrogen and oxygen atoms in total. The van der Waals surface area contributed by atoms with Gasteiger partial charge in [0.05, 0.1) is 13.2 Å². The molecule has 23 heavy (non-hydrogen) atoms. The van der Waals surface area contributed by atoms with Crippen LogP contribution in [0.2, 0.25) is 0 Å². The molecular formula is C12H22O11. The molecule has 0 bridgehead atoms. The summed E-state index contributed by atoms with van der Waals surface area (Å²) in [6.07, 6.45) is -15.6. The van der Waals surface area contributed by atoms with E-state index >= 15 is 0 Å². The lowest BCUT2D eigenvalue weighted by Crippen LogP contribution is -2.64. The molecule has 11 heteroatoms. The van der Waals surface area contributed by atoms with E-state index in [1.807, 2.05) is 0 Å². The van der Waals surface area contributed by atoms with Crippen molar-refractivity contribution >= 4 is 0 Å². The highest BCUT2D eigenvalue weighted by Crippen LogP contribution is 2.28. The monoisotopic (exact) mass is 342 g/mol. The van der Waals surface area contributed by atoms with Crippen LogP contribution in [0.5, 0.6) is 0 Å². The normalized spacial score (nSPS) is 51.7. The van der Waals surface area contributed by atoms with Gasteiger partial charge in [0.2, 0.25) is 0 Å². The summed E-state index contributed by atoms with van der Waals surface area (Å²) >= 11 is 0. The van der Waals surface area contributed by atoms with E-state index in [0.29, 0.717) is 0 Å². The van der Waals surface area contributed by atoms with Gasteiger partial charge in [-0.2, -0.15) is 0 Å². The van der Waals surface area contributed by atoms with Crippen molar-refractivity contribution in [3.05, 3.63) is 0 Å². The maximum atomic E-state index is 9.94. The second kappa shape index (κ2) is 7.63. The van der Waals surface area contributed by atoms with Crippen molar-refractivity contribution in [1.82, 2.24) is 0 Å². The van der Waals surface area contributed by atoms with Crippen molar-refractivity contribution in [2.24, 2.45) is 0 Å². The second-order valence-corrected chi connectivity index (χ2v) is 5.53. The number of aliphatic hydroxyl groups excluding tert-OH is 8. The van der Waals surface area contributed by atoms with E-state index in [2.05, 4.69) is 0 Å². The smallest absolute Gasteiger partial charge is 0.187 e. The molecule has 0 spiro atoms. The number of hydrogen-bond acceptors (Lipinski definition) is 11. The Bertz CT molecular complexity index is 378. The van der Waals surface area contributed by atoms with Gasteiger partial charge < -0.3 is 55.1 Å². The molecule has 0 radical (unpaired) electrons. The maximum Gasteiger partial charge on any atom is 0.187 e. The van der Waals surface area contributed by atoms with Crippen molar-refractivity contribution in [2.75, 3.05) is 13.2 Å². The van der Waals surface area contributed by atoms with Gasteiger partial charge in [0.15, 0.2) is 12.6 Å². The minimum Gasteiger partial charge on any atom is -0.394 e. The van der Waals surface area contributed by atoms with Crippen LogP contribution >= 0.6 is 0 Å². The van der Waals surface area contributed by atoms with Crippen molar-refractivity contribution in [2.45, 2.75) is 61.4 Å². The molecule has 10 atom stereocenters. The van der Waals surface area contributed by atoms with E-state index in [1.165, 1.54) is 0 Å². The minimum atomic E-state index is -1.74. The van der Waals surface area contributed by atoms with Crippen LogP contribution in [0.3, 0.4) is 0 Å². The molecule has 8 N–H and O–H groups in total. The Hall–Kier alpha value is -0.440. The van der Waals surface area contributed by atoms with Crippen LogP contribution in [0.1, 0.15) is 0 Å². The Morgan fingerprint density at radius 3 is 1.83 bits per heavy atom. The van der Waals surface area contributed by atoms with E-state index in [9.17, 15) is 35.7 Å². The first-order valence-corrected chi connectivity index (χ1v) is 7.08. The van der Waals surface area contributed by atoms with Crippen molar-refractivity contribution in [1.29, 1.82) is 0 Å². The van der Waals surface area contributed by atoms with Gasteiger partial charge in [-0.25, -0.2) is 0 Å². The first-order chi connectivity index (χ1) is 10.8. The molecule has 136 valence electrons. The molecule has 5 unspecified atom stereocenters. The van der Waals surface area contributed by atoms with Gasteiger partial charge in [-0.05, 0) is 0 Å². The molecule has 2 aliphatic heterocycles. The third-order valence-corrected chi connectivity index (χ3v) is 3.98. The number of ether oxygens (including phenoxy) is 3. The SMILES string of the molecule is OCC1O[C@H](O[C@@H]2C(CO)OC(O)[C@@H](O)C2O)[C@@H](O)C(O)[C@H]1O. The van der Waals surface area contributed by atoms with Crippen molar-refractivity contribution < 1.29 is 55.1 Å². The fourth-order valence-electron chi connectivity index (χ4n) is 2.57. The summed E-state index contributed by atoms with van der Waals surface area (Å²) in [6, 6.07) is 0. The van der Waals surface area contributed by atoms with Gasteiger partial charge in [0, 0.05) is 0 Å². The Morgan fingerprint density at radius 1 is 0.652 bits per heavy atom. The van der Waals surface area contributed by atoms with Gasteiger partial charge in [0.1, 0.15) is 48.8 Å². The van der Waals surface area contributed by atoms with Crippen LogP contribution in [-0.4, -0.2) is 115 Å². The Balaban J connectivity index is 2.11. The largest absolute Gasteiger partial charge is 0.394 e. The number of hydrogen-bond donors (Lipinski definition) is 8. The quantitative estimate of drug-likeness (QED) is 0.243. The summed E-state index contributed by atoms with van der Waals surface area (Å²) in [7, 11) is 0. The fraction of sp³-hybridized carbons (Fsp3) is 1.00. The molecule has 0 amide bonds. The van der Waals surface area contributed by atoms with Crippen molar-refractivity contribution in [3.63, 3.8) is 0 Å². The second-order valence-electron chi connectivity index (χ2n) is 5.53. The van der Waals surface area contributed by atoms with Crippen LogP contribution in [0, 0.1) is 0 Å². The number of rotatable bonds is 4. The summed E-state index contributed by atoms with van der Waals surface area (Å²) in [6.45, 7) is -1.35. The highest BCUT2D eigenvalue weighted by molar-refractivity contribution is 4.93. The van der Waals surface area contributed by atoms with E-state index in [4.69, 9.17) is 19.3 Å². The van der Waals surface area contributed by atoms with E-state index in [-0.39, 0.29) is 0 Å². The predicted molar refractivity (Wildman–Crippen MR) is 68.6 cm³/mol.